The molecule has 1 unspecified atom stereocenters. The summed E-state index contributed by atoms with van der Waals surface area (Å²) < 4.78 is 5.39. The van der Waals surface area contributed by atoms with E-state index in [0.717, 1.165) is 45.4 Å². The molecule has 0 aliphatic carbocycles. The first-order valence-corrected chi connectivity index (χ1v) is 8.97. The average molecular weight is 342 g/mol. The highest BCUT2D eigenvalue weighted by molar-refractivity contribution is 5.81. The first-order chi connectivity index (χ1) is 11.3. The van der Waals surface area contributed by atoms with E-state index in [2.05, 4.69) is 32.8 Å². The maximum Gasteiger partial charge on any atom is 0.225 e. The zero-order chi connectivity index (χ0) is 18.0. The number of rotatable bonds is 7. The second-order valence-corrected chi connectivity index (χ2v) is 7.15. The Hall–Kier alpha value is -1.34. The van der Waals surface area contributed by atoms with Crippen LogP contribution in [0.25, 0.3) is 0 Å². The largest absolute Gasteiger partial charge is 0.379 e. The van der Waals surface area contributed by atoms with Crippen LogP contribution in [0.5, 0.6) is 0 Å². The molecule has 1 fully saturated rings. The van der Waals surface area contributed by atoms with Crippen molar-refractivity contribution in [3.63, 3.8) is 0 Å². The van der Waals surface area contributed by atoms with E-state index in [1.54, 1.807) is 0 Å². The second kappa shape index (κ2) is 10.5. The molecule has 1 aliphatic heterocycles. The molecule has 7 heteroatoms. The van der Waals surface area contributed by atoms with Crippen molar-refractivity contribution in [1.82, 2.24) is 20.9 Å². The van der Waals surface area contributed by atoms with Crippen molar-refractivity contribution in [2.75, 3.05) is 52.5 Å². The first-order valence-electron chi connectivity index (χ1n) is 8.97. The van der Waals surface area contributed by atoms with Crippen molar-refractivity contribution in [1.29, 1.82) is 0 Å². The van der Waals surface area contributed by atoms with Gasteiger partial charge in [-0.05, 0) is 13.8 Å². The summed E-state index contributed by atoms with van der Waals surface area (Å²) in [7, 11) is 0. The highest BCUT2D eigenvalue weighted by atomic mass is 16.5. The van der Waals surface area contributed by atoms with Crippen LogP contribution in [0.15, 0.2) is 4.99 Å². The molecule has 0 radical (unpaired) electrons. The van der Waals surface area contributed by atoms with E-state index < -0.39 is 0 Å². The Labute approximate surface area is 146 Å². The van der Waals surface area contributed by atoms with Crippen molar-refractivity contribution >= 4 is 11.9 Å². The molecule has 1 amide bonds. The third-order valence-corrected chi connectivity index (χ3v) is 3.91. The topological polar surface area (TPSA) is 78.0 Å². The van der Waals surface area contributed by atoms with Crippen LogP contribution in [-0.4, -0.2) is 75.3 Å². The van der Waals surface area contributed by atoms with Crippen LogP contribution in [0.4, 0.5) is 0 Å². The zero-order valence-corrected chi connectivity index (χ0v) is 15.9. The van der Waals surface area contributed by atoms with E-state index >= 15 is 0 Å². The maximum atomic E-state index is 11.8. The molecule has 7 nitrogen and oxygen atoms in total. The number of morpholine rings is 1. The molecular weight excluding hydrogens is 306 g/mol. The van der Waals surface area contributed by atoms with Crippen molar-refractivity contribution in [3.8, 4) is 0 Å². The van der Waals surface area contributed by atoms with Crippen molar-refractivity contribution in [2.24, 2.45) is 10.4 Å². The van der Waals surface area contributed by atoms with Crippen LogP contribution in [-0.2, 0) is 9.53 Å². The van der Waals surface area contributed by atoms with Crippen molar-refractivity contribution in [3.05, 3.63) is 0 Å². The molecule has 1 heterocycles. The Morgan fingerprint density at radius 3 is 2.38 bits per heavy atom. The van der Waals surface area contributed by atoms with Crippen LogP contribution in [0.2, 0.25) is 0 Å². The van der Waals surface area contributed by atoms with Gasteiger partial charge in [0, 0.05) is 44.2 Å². The van der Waals surface area contributed by atoms with Gasteiger partial charge >= 0.3 is 0 Å². The molecule has 1 atom stereocenters. The summed E-state index contributed by atoms with van der Waals surface area (Å²) in [4.78, 5) is 18.9. The van der Waals surface area contributed by atoms with Gasteiger partial charge in [0.15, 0.2) is 5.96 Å². The Bertz CT molecular complexity index is 400. The average Bonchev–Trinajstić information content (AvgIpc) is 2.55. The Morgan fingerprint density at radius 2 is 1.79 bits per heavy atom. The molecule has 24 heavy (non-hydrogen) atoms. The molecule has 1 aliphatic rings. The smallest absolute Gasteiger partial charge is 0.225 e. The lowest BCUT2D eigenvalue weighted by atomic mass is 9.96. The number of hydrogen-bond donors (Lipinski definition) is 3. The van der Waals surface area contributed by atoms with Gasteiger partial charge in [0.2, 0.25) is 5.91 Å². The van der Waals surface area contributed by atoms with Crippen LogP contribution >= 0.6 is 0 Å². The van der Waals surface area contributed by atoms with E-state index in [1.165, 1.54) is 0 Å². The van der Waals surface area contributed by atoms with Crippen LogP contribution in [0, 0.1) is 5.41 Å². The number of aliphatic imine (C=N–C) groups is 1. The number of carbonyl (C=O) groups is 1. The number of ether oxygens (including phenoxy) is 1. The second-order valence-electron chi connectivity index (χ2n) is 7.15. The molecule has 0 spiro atoms. The maximum absolute atomic E-state index is 11.8. The fraction of sp³-hybridized carbons (Fsp3) is 0.882. The predicted octanol–water partition coefficient (Wildman–Crippen LogP) is 0.425. The molecule has 1 saturated heterocycles. The standard InChI is InChI=1S/C17H35N5O2/c1-6-18-16(20-8-7-19-15(23)17(3,4)5)21-13-14(2)22-9-11-24-12-10-22/h14H,6-13H2,1-5H3,(H,19,23)(H2,18,20,21). The fourth-order valence-electron chi connectivity index (χ4n) is 2.32. The van der Waals surface area contributed by atoms with E-state index in [-0.39, 0.29) is 11.3 Å². The van der Waals surface area contributed by atoms with E-state index in [9.17, 15) is 4.79 Å². The molecular formula is C17H35N5O2. The predicted molar refractivity (Wildman–Crippen MR) is 98.3 cm³/mol. The number of carbonyl (C=O) groups excluding carboxylic acids is 1. The summed E-state index contributed by atoms with van der Waals surface area (Å²) in [5.41, 5.74) is -0.355. The highest BCUT2D eigenvalue weighted by Gasteiger charge is 2.20. The summed E-state index contributed by atoms with van der Waals surface area (Å²) in [6, 6.07) is 0.393. The van der Waals surface area contributed by atoms with Gasteiger partial charge in [0.05, 0.1) is 19.8 Å². The molecule has 0 aromatic heterocycles. The van der Waals surface area contributed by atoms with E-state index in [1.807, 2.05) is 27.7 Å². The minimum Gasteiger partial charge on any atom is -0.379 e. The minimum absolute atomic E-state index is 0.0622. The lowest BCUT2D eigenvalue weighted by Crippen LogP contribution is -2.45. The van der Waals surface area contributed by atoms with Gasteiger partial charge in [-0.3, -0.25) is 14.7 Å². The summed E-state index contributed by atoms with van der Waals surface area (Å²) in [5, 5.41) is 9.44. The highest BCUT2D eigenvalue weighted by Crippen LogP contribution is 2.11. The summed E-state index contributed by atoms with van der Waals surface area (Å²) in [5.74, 6) is 0.856. The number of nitrogens with one attached hydrogen (secondary N) is 3. The number of guanidine groups is 1. The van der Waals surface area contributed by atoms with E-state index in [4.69, 9.17) is 4.74 Å². The molecule has 0 bridgehead atoms. The molecule has 3 N–H and O–H groups in total. The Morgan fingerprint density at radius 1 is 1.17 bits per heavy atom. The monoisotopic (exact) mass is 341 g/mol. The van der Waals surface area contributed by atoms with Gasteiger partial charge < -0.3 is 20.7 Å². The first kappa shape index (κ1) is 20.7. The van der Waals surface area contributed by atoms with Crippen LogP contribution in [0.3, 0.4) is 0 Å². The summed E-state index contributed by atoms with van der Waals surface area (Å²) in [6.45, 7) is 16.3. The van der Waals surface area contributed by atoms with Gasteiger partial charge in [-0.1, -0.05) is 20.8 Å². The molecule has 0 aromatic rings. The lowest BCUT2D eigenvalue weighted by molar-refractivity contribution is -0.128. The van der Waals surface area contributed by atoms with E-state index in [0.29, 0.717) is 19.1 Å². The van der Waals surface area contributed by atoms with Gasteiger partial charge in [-0.2, -0.15) is 0 Å². The number of hydrogen-bond acceptors (Lipinski definition) is 4. The fourth-order valence-corrected chi connectivity index (χ4v) is 2.32. The molecule has 0 saturated carbocycles. The SMILES string of the molecule is CCNC(=NCC(C)N1CCOCC1)NCCNC(=O)C(C)(C)C. The third kappa shape index (κ3) is 7.97. The Balaban J connectivity index is 2.35. The molecule has 1 rings (SSSR count). The number of amides is 1. The quantitative estimate of drug-likeness (QED) is 0.355. The van der Waals surface area contributed by atoms with Crippen LogP contribution < -0.4 is 16.0 Å². The normalized spacial score (nSPS) is 18.1. The van der Waals surface area contributed by atoms with Crippen molar-refractivity contribution < 1.29 is 9.53 Å². The minimum atomic E-state index is -0.355. The van der Waals surface area contributed by atoms with Crippen LogP contribution in [0.1, 0.15) is 34.6 Å². The molecule has 0 aromatic carbocycles. The number of nitrogens with zero attached hydrogens (tertiary/aromatic N) is 2. The van der Waals surface area contributed by atoms with Gasteiger partial charge in [-0.25, -0.2) is 0 Å². The van der Waals surface area contributed by atoms with Crippen molar-refractivity contribution in [2.45, 2.75) is 40.7 Å². The zero-order valence-electron chi connectivity index (χ0n) is 15.9. The summed E-state index contributed by atoms with van der Waals surface area (Å²) in [6.07, 6.45) is 0. The van der Waals surface area contributed by atoms with Gasteiger partial charge in [0.1, 0.15) is 0 Å². The van der Waals surface area contributed by atoms with Gasteiger partial charge in [-0.15, -0.1) is 0 Å². The Kier molecular flexibility index (Phi) is 9.07. The lowest BCUT2D eigenvalue weighted by Gasteiger charge is -2.31. The molecule has 140 valence electrons. The van der Waals surface area contributed by atoms with Gasteiger partial charge in [0.25, 0.3) is 0 Å². The third-order valence-electron chi connectivity index (χ3n) is 3.91. The summed E-state index contributed by atoms with van der Waals surface area (Å²) >= 11 is 0.